The lowest BCUT2D eigenvalue weighted by atomic mass is 9.74. The molecule has 0 radical (unpaired) electrons. The standard InChI is InChI=1S/C21H21NO2/c1-12-6-9-14(10-7-12)20-16-5-3-4-15(16)18-17(21(23)24)11-8-13(2)19(18)22-20/h3-4,6-11,15-16,20,22H,5H2,1-2H3,(H,23,24)/t15-,16-,20+/m0/s1. The minimum atomic E-state index is -0.846. The van der Waals surface area contributed by atoms with Crippen molar-refractivity contribution in [3.63, 3.8) is 0 Å². The normalized spacial score (nSPS) is 24.2. The molecule has 1 aliphatic carbocycles. The second kappa shape index (κ2) is 5.52. The highest BCUT2D eigenvalue weighted by Gasteiger charge is 2.40. The van der Waals surface area contributed by atoms with Crippen molar-refractivity contribution in [3.05, 3.63) is 76.4 Å². The topological polar surface area (TPSA) is 49.3 Å². The van der Waals surface area contributed by atoms with Gasteiger partial charge >= 0.3 is 5.97 Å². The fourth-order valence-corrected chi connectivity index (χ4v) is 4.15. The van der Waals surface area contributed by atoms with Crippen molar-refractivity contribution in [1.82, 2.24) is 0 Å². The monoisotopic (exact) mass is 319 g/mol. The van der Waals surface area contributed by atoms with E-state index in [9.17, 15) is 9.90 Å². The van der Waals surface area contributed by atoms with Gasteiger partial charge in [0, 0.05) is 11.6 Å². The van der Waals surface area contributed by atoms with Crippen LogP contribution in [-0.4, -0.2) is 11.1 Å². The number of hydrogen-bond acceptors (Lipinski definition) is 2. The second-order valence-corrected chi connectivity index (χ2v) is 6.91. The molecule has 4 rings (SSSR count). The zero-order valence-electron chi connectivity index (χ0n) is 13.9. The van der Waals surface area contributed by atoms with Gasteiger partial charge in [-0.1, -0.05) is 48.0 Å². The number of carboxylic acids is 1. The van der Waals surface area contributed by atoms with E-state index in [-0.39, 0.29) is 12.0 Å². The average Bonchev–Trinajstić information content (AvgIpc) is 3.05. The molecule has 2 aromatic rings. The van der Waals surface area contributed by atoms with Crippen molar-refractivity contribution in [2.45, 2.75) is 32.2 Å². The van der Waals surface area contributed by atoms with Crippen molar-refractivity contribution in [3.8, 4) is 0 Å². The molecule has 0 saturated carbocycles. The molecule has 0 bridgehead atoms. The number of hydrogen-bond donors (Lipinski definition) is 2. The fourth-order valence-electron chi connectivity index (χ4n) is 4.15. The van der Waals surface area contributed by atoms with E-state index in [2.05, 4.69) is 48.7 Å². The molecule has 0 aromatic heterocycles. The maximum Gasteiger partial charge on any atom is 0.336 e. The summed E-state index contributed by atoms with van der Waals surface area (Å²) in [6, 6.07) is 12.5. The van der Waals surface area contributed by atoms with Crippen LogP contribution >= 0.6 is 0 Å². The molecule has 2 aromatic carbocycles. The Hall–Kier alpha value is -2.55. The van der Waals surface area contributed by atoms with Gasteiger partial charge in [0.25, 0.3) is 0 Å². The van der Waals surface area contributed by atoms with Crippen molar-refractivity contribution in [2.75, 3.05) is 5.32 Å². The Morgan fingerprint density at radius 1 is 1.12 bits per heavy atom. The van der Waals surface area contributed by atoms with Crippen LogP contribution in [0.3, 0.4) is 0 Å². The van der Waals surface area contributed by atoms with E-state index in [0.717, 1.165) is 23.2 Å². The summed E-state index contributed by atoms with van der Waals surface area (Å²) in [5.41, 5.74) is 5.99. The molecule has 1 heterocycles. The quantitative estimate of drug-likeness (QED) is 0.780. The number of aryl methyl sites for hydroxylation is 2. The Bertz CT molecular complexity index is 836. The molecule has 2 N–H and O–H groups in total. The highest BCUT2D eigenvalue weighted by atomic mass is 16.4. The Morgan fingerprint density at radius 2 is 1.88 bits per heavy atom. The molecule has 0 amide bonds. The molecule has 0 fully saturated rings. The van der Waals surface area contributed by atoms with E-state index in [1.165, 1.54) is 11.1 Å². The summed E-state index contributed by atoms with van der Waals surface area (Å²) in [5, 5.41) is 13.3. The fraction of sp³-hybridized carbons (Fsp3) is 0.286. The number of rotatable bonds is 2. The third-order valence-corrected chi connectivity index (χ3v) is 5.39. The molecule has 2 aliphatic rings. The van der Waals surface area contributed by atoms with Crippen molar-refractivity contribution < 1.29 is 9.90 Å². The zero-order valence-corrected chi connectivity index (χ0v) is 13.9. The summed E-state index contributed by atoms with van der Waals surface area (Å²) in [5.74, 6) is -0.320. The van der Waals surface area contributed by atoms with Crippen LogP contribution in [0.1, 0.15) is 51.0 Å². The molecule has 0 saturated heterocycles. The number of allylic oxidation sites excluding steroid dienone is 2. The van der Waals surface area contributed by atoms with Crippen molar-refractivity contribution in [2.24, 2.45) is 5.92 Å². The number of nitrogens with one attached hydrogen (secondary N) is 1. The maximum atomic E-state index is 11.7. The predicted octanol–water partition coefficient (Wildman–Crippen LogP) is 4.83. The van der Waals surface area contributed by atoms with Gasteiger partial charge in [-0.25, -0.2) is 4.79 Å². The average molecular weight is 319 g/mol. The van der Waals surface area contributed by atoms with Gasteiger partial charge in [0.05, 0.1) is 11.6 Å². The first-order valence-electron chi connectivity index (χ1n) is 8.43. The van der Waals surface area contributed by atoms with E-state index in [1.807, 2.05) is 13.0 Å². The molecule has 0 unspecified atom stereocenters. The van der Waals surface area contributed by atoms with Gasteiger partial charge in [-0.15, -0.1) is 0 Å². The smallest absolute Gasteiger partial charge is 0.336 e. The first-order valence-corrected chi connectivity index (χ1v) is 8.43. The second-order valence-electron chi connectivity index (χ2n) is 6.91. The van der Waals surface area contributed by atoms with Crippen LogP contribution < -0.4 is 5.32 Å². The van der Waals surface area contributed by atoms with Crippen LogP contribution in [0.25, 0.3) is 0 Å². The summed E-state index contributed by atoms with van der Waals surface area (Å²) in [6.07, 6.45) is 5.36. The van der Waals surface area contributed by atoms with Gasteiger partial charge in [-0.3, -0.25) is 0 Å². The van der Waals surface area contributed by atoms with Gasteiger partial charge < -0.3 is 10.4 Å². The molecular weight excluding hydrogens is 298 g/mol. The third-order valence-electron chi connectivity index (χ3n) is 5.39. The van der Waals surface area contributed by atoms with Crippen LogP contribution in [0.5, 0.6) is 0 Å². The Morgan fingerprint density at radius 3 is 2.58 bits per heavy atom. The summed E-state index contributed by atoms with van der Waals surface area (Å²) >= 11 is 0. The van der Waals surface area contributed by atoms with Gasteiger partial charge in [0.1, 0.15) is 0 Å². The first kappa shape index (κ1) is 15.0. The molecular formula is C21H21NO2. The molecule has 3 atom stereocenters. The van der Waals surface area contributed by atoms with Gasteiger partial charge in [0.2, 0.25) is 0 Å². The SMILES string of the molecule is Cc1ccc([C@H]2Nc3c(C)ccc(C(=O)O)c3[C@H]3C=CC[C@@H]32)cc1. The van der Waals surface area contributed by atoms with Crippen LogP contribution in [-0.2, 0) is 0 Å². The van der Waals surface area contributed by atoms with Crippen LogP contribution in [0.2, 0.25) is 0 Å². The molecule has 3 nitrogen and oxygen atoms in total. The minimum absolute atomic E-state index is 0.165. The molecule has 122 valence electrons. The van der Waals surface area contributed by atoms with Crippen LogP contribution in [0.4, 0.5) is 5.69 Å². The van der Waals surface area contributed by atoms with E-state index >= 15 is 0 Å². The summed E-state index contributed by atoms with van der Waals surface area (Å²) < 4.78 is 0. The van der Waals surface area contributed by atoms with E-state index in [1.54, 1.807) is 6.07 Å². The lowest BCUT2D eigenvalue weighted by molar-refractivity contribution is 0.0695. The van der Waals surface area contributed by atoms with Crippen LogP contribution in [0, 0.1) is 19.8 Å². The zero-order chi connectivity index (χ0) is 16.8. The van der Waals surface area contributed by atoms with Crippen molar-refractivity contribution in [1.29, 1.82) is 0 Å². The number of carboxylic acid groups (broad SMARTS) is 1. The number of anilines is 1. The van der Waals surface area contributed by atoms with E-state index in [0.29, 0.717) is 11.5 Å². The first-order chi connectivity index (χ1) is 11.6. The largest absolute Gasteiger partial charge is 0.478 e. The van der Waals surface area contributed by atoms with E-state index in [4.69, 9.17) is 0 Å². The predicted molar refractivity (Wildman–Crippen MR) is 95.7 cm³/mol. The Labute approximate surface area is 142 Å². The molecule has 3 heteroatoms. The van der Waals surface area contributed by atoms with E-state index < -0.39 is 5.97 Å². The van der Waals surface area contributed by atoms with Gasteiger partial charge in [-0.2, -0.15) is 0 Å². The van der Waals surface area contributed by atoms with Gasteiger partial charge in [-0.05, 0) is 48.9 Å². The molecule has 0 spiro atoms. The number of fused-ring (bicyclic) bond motifs is 3. The third kappa shape index (κ3) is 2.23. The number of carbonyl (C=O) groups is 1. The Kier molecular flexibility index (Phi) is 3.45. The highest BCUT2D eigenvalue weighted by molar-refractivity contribution is 5.93. The minimum Gasteiger partial charge on any atom is -0.478 e. The lowest BCUT2D eigenvalue weighted by Crippen LogP contribution is -2.31. The number of benzene rings is 2. The molecule has 24 heavy (non-hydrogen) atoms. The Balaban J connectivity index is 1.86. The van der Waals surface area contributed by atoms with Crippen LogP contribution in [0.15, 0.2) is 48.6 Å². The number of aromatic carboxylic acids is 1. The summed E-state index contributed by atoms with van der Waals surface area (Å²) in [4.78, 5) is 11.7. The molecule has 1 aliphatic heterocycles. The summed E-state index contributed by atoms with van der Waals surface area (Å²) in [7, 11) is 0. The summed E-state index contributed by atoms with van der Waals surface area (Å²) in [6.45, 7) is 4.14. The van der Waals surface area contributed by atoms with Gasteiger partial charge in [0.15, 0.2) is 0 Å². The highest BCUT2D eigenvalue weighted by Crippen LogP contribution is 2.51. The lowest BCUT2D eigenvalue weighted by Gasteiger charge is -2.39. The maximum absolute atomic E-state index is 11.7. The van der Waals surface area contributed by atoms with Crippen molar-refractivity contribution >= 4 is 11.7 Å².